The van der Waals surface area contributed by atoms with Crippen molar-refractivity contribution in [3.8, 4) is 0 Å². The molecular weight excluding hydrogens is 383 g/mol. The average Bonchev–Trinajstić information content (AvgIpc) is 3.27. The molecule has 0 unspecified atom stereocenters. The standard InChI is InChI=1S/C21H21FN2O3.ClH/c1-27-21(26)17-8-3-2-7-16(17)20(25)24-12-14-10-23-11-18(14)19(24)13-5-4-6-15(22)9-13;/h2-9,14,18-19,23H,10-12H2,1H3;1H/t14-,18-,19+;/m0./s1. The number of nitrogens with zero attached hydrogens (tertiary/aromatic N) is 1. The maximum absolute atomic E-state index is 13.9. The number of ether oxygens (including phenoxy) is 1. The highest BCUT2D eigenvalue weighted by atomic mass is 35.5. The SMILES string of the molecule is COC(=O)c1ccccc1C(=O)N1C[C@@H]2CNC[C@@H]2[C@H]1c1cccc(F)c1.Cl. The Labute approximate surface area is 169 Å². The number of hydrogen-bond acceptors (Lipinski definition) is 4. The molecular formula is C21H22ClFN2O3. The molecule has 5 nitrogen and oxygen atoms in total. The first-order valence-electron chi connectivity index (χ1n) is 9.04. The number of carbonyl (C=O) groups is 2. The minimum Gasteiger partial charge on any atom is -0.465 e. The molecule has 2 heterocycles. The van der Waals surface area contributed by atoms with E-state index in [-0.39, 0.29) is 41.7 Å². The van der Waals surface area contributed by atoms with Crippen LogP contribution in [0.15, 0.2) is 48.5 Å². The lowest BCUT2D eigenvalue weighted by atomic mass is 9.89. The van der Waals surface area contributed by atoms with Crippen molar-refractivity contribution in [3.63, 3.8) is 0 Å². The Balaban J connectivity index is 0.00000225. The van der Waals surface area contributed by atoms with E-state index in [0.717, 1.165) is 18.7 Å². The summed E-state index contributed by atoms with van der Waals surface area (Å²) in [5.41, 5.74) is 1.35. The number of halogens is 2. The Morgan fingerprint density at radius 2 is 1.86 bits per heavy atom. The van der Waals surface area contributed by atoms with Crippen LogP contribution in [0.5, 0.6) is 0 Å². The number of esters is 1. The molecule has 1 N–H and O–H groups in total. The van der Waals surface area contributed by atoms with Gasteiger partial charge in [-0.15, -0.1) is 12.4 Å². The second kappa shape index (κ2) is 8.29. The van der Waals surface area contributed by atoms with Crippen LogP contribution in [0.3, 0.4) is 0 Å². The van der Waals surface area contributed by atoms with Gasteiger partial charge in [0.25, 0.3) is 5.91 Å². The van der Waals surface area contributed by atoms with Crippen LogP contribution in [0.25, 0.3) is 0 Å². The monoisotopic (exact) mass is 404 g/mol. The molecule has 3 atom stereocenters. The molecule has 0 radical (unpaired) electrons. The van der Waals surface area contributed by atoms with Crippen molar-refractivity contribution in [1.29, 1.82) is 0 Å². The molecule has 7 heteroatoms. The molecule has 0 bridgehead atoms. The quantitative estimate of drug-likeness (QED) is 0.799. The van der Waals surface area contributed by atoms with E-state index in [4.69, 9.17) is 4.74 Å². The Hall–Kier alpha value is -2.44. The smallest absolute Gasteiger partial charge is 0.338 e. The third-order valence-electron chi connectivity index (χ3n) is 5.58. The summed E-state index contributed by atoms with van der Waals surface area (Å²) in [6.07, 6.45) is 0. The third-order valence-corrected chi connectivity index (χ3v) is 5.58. The van der Waals surface area contributed by atoms with Crippen LogP contribution in [0, 0.1) is 17.7 Å². The summed E-state index contributed by atoms with van der Waals surface area (Å²) in [5.74, 6) is -0.542. The van der Waals surface area contributed by atoms with Crippen molar-refractivity contribution in [2.24, 2.45) is 11.8 Å². The van der Waals surface area contributed by atoms with Gasteiger partial charge in [0, 0.05) is 25.6 Å². The van der Waals surface area contributed by atoms with Crippen molar-refractivity contribution in [2.45, 2.75) is 6.04 Å². The number of fused-ring (bicyclic) bond motifs is 1. The first-order valence-corrected chi connectivity index (χ1v) is 9.04. The molecule has 0 aliphatic carbocycles. The van der Waals surface area contributed by atoms with Gasteiger partial charge in [-0.1, -0.05) is 24.3 Å². The van der Waals surface area contributed by atoms with E-state index >= 15 is 0 Å². The van der Waals surface area contributed by atoms with Gasteiger partial charge in [0.05, 0.1) is 24.3 Å². The van der Waals surface area contributed by atoms with Crippen molar-refractivity contribution in [1.82, 2.24) is 10.2 Å². The molecule has 28 heavy (non-hydrogen) atoms. The average molecular weight is 405 g/mol. The fourth-order valence-corrected chi connectivity index (χ4v) is 4.36. The Kier molecular flexibility index (Phi) is 6.01. The molecule has 2 aliphatic rings. The van der Waals surface area contributed by atoms with Gasteiger partial charge < -0.3 is 15.0 Å². The number of likely N-dealkylation sites (tertiary alicyclic amines) is 1. The van der Waals surface area contributed by atoms with Gasteiger partial charge in [0.15, 0.2) is 0 Å². The number of carbonyl (C=O) groups excluding carboxylic acids is 2. The Morgan fingerprint density at radius 3 is 2.57 bits per heavy atom. The molecule has 0 spiro atoms. The zero-order chi connectivity index (χ0) is 19.0. The van der Waals surface area contributed by atoms with E-state index in [1.807, 2.05) is 6.07 Å². The van der Waals surface area contributed by atoms with Crippen LogP contribution >= 0.6 is 12.4 Å². The van der Waals surface area contributed by atoms with Crippen molar-refractivity contribution >= 4 is 24.3 Å². The number of benzene rings is 2. The summed E-state index contributed by atoms with van der Waals surface area (Å²) in [7, 11) is 1.30. The van der Waals surface area contributed by atoms with Gasteiger partial charge in [0.2, 0.25) is 0 Å². The molecule has 0 aromatic heterocycles. The second-order valence-electron chi connectivity index (χ2n) is 7.08. The first-order chi connectivity index (χ1) is 13.1. The number of nitrogens with one attached hydrogen (secondary N) is 1. The molecule has 2 saturated heterocycles. The van der Waals surface area contributed by atoms with E-state index in [9.17, 15) is 14.0 Å². The summed E-state index contributed by atoms with van der Waals surface area (Å²) >= 11 is 0. The number of amides is 1. The van der Waals surface area contributed by atoms with Crippen LogP contribution in [-0.4, -0.2) is 43.5 Å². The normalized spacial score (nSPS) is 23.1. The van der Waals surface area contributed by atoms with Gasteiger partial charge in [-0.05, 0) is 35.7 Å². The van der Waals surface area contributed by atoms with E-state index in [0.29, 0.717) is 18.0 Å². The van der Waals surface area contributed by atoms with Crippen molar-refractivity contribution < 1.29 is 18.7 Å². The highest BCUT2D eigenvalue weighted by Gasteiger charge is 2.47. The molecule has 0 saturated carbocycles. The summed E-state index contributed by atoms with van der Waals surface area (Å²) < 4.78 is 18.7. The number of methoxy groups -OCH3 is 1. The van der Waals surface area contributed by atoms with Crippen LogP contribution in [0.4, 0.5) is 4.39 Å². The van der Waals surface area contributed by atoms with E-state index in [2.05, 4.69) is 5.32 Å². The minimum absolute atomic E-state index is 0. The van der Waals surface area contributed by atoms with E-state index in [1.54, 1.807) is 35.2 Å². The molecule has 2 aromatic carbocycles. The predicted molar refractivity (Wildman–Crippen MR) is 105 cm³/mol. The van der Waals surface area contributed by atoms with Gasteiger partial charge in [-0.25, -0.2) is 9.18 Å². The van der Waals surface area contributed by atoms with Crippen molar-refractivity contribution in [3.05, 3.63) is 71.0 Å². The maximum atomic E-state index is 13.9. The lowest BCUT2D eigenvalue weighted by Crippen LogP contribution is -2.35. The number of rotatable bonds is 3. The fraction of sp³-hybridized carbons (Fsp3) is 0.333. The van der Waals surface area contributed by atoms with Gasteiger partial charge in [0.1, 0.15) is 5.82 Å². The second-order valence-corrected chi connectivity index (χ2v) is 7.08. The summed E-state index contributed by atoms with van der Waals surface area (Å²) in [6.45, 7) is 2.19. The van der Waals surface area contributed by atoms with Gasteiger partial charge >= 0.3 is 5.97 Å². The maximum Gasteiger partial charge on any atom is 0.338 e. The first kappa shape index (κ1) is 20.3. The number of hydrogen-bond donors (Lipinski definition) is 1. The summed E-state index contributed by atoms with van der Waals surface area (Å²) in [6, 6.07) is 12.9. The molecule has 2 aliphatic heterocycles. The largest absolute Gasteiger partial charge is 0.465 e. The van der Waals surface area contributed by atoms with Crippen LogP contribution < -0.4 is 5.32 Å². The highest BCUT2D eigenvalue weighted by molar-refractivity contribution is 6.05. The molecule has 2 aromatic rings. The van der Waals surface area contributed by atoms with Crippen LogP contribution in [0.2, 0.25) is 0 Å². The van der Waals surface area contributed by atoms with E-state index in [1.165, 1.54) is 19.2 Å². The third kappa shape index (κ3) is 3.50. The summed E-state index contributed by atoms with van der Waals surface area (Å²) in [5, 5.41) is 3.37. The minimum atomic E-state index is -0.540. The van der Waals surface area contributed by atoms with Gasteiger partial charge in [-0.2, -0.15) is 0 Å². The fourth-order valence-electron chi connectivity index (χ4n) is 4.36. The van der Waals surface area contributed by atoms with Crippen LogP contribution in [0.1, 0.15) is 32.3 Å². The summed E-state index contributed by atoms with van der Waals surface area (Å²) in [4.78, 5) is 27.3. The molecule has 148 valence electrons. The topological polar surface area (TPSA) is 58.6 Å². The molecule has 4 rings (SSSR count). The lowest BCUT2D eigenvalue weighted by molar-refractivity contribution is 0.0586. The Morgan fingerprint density at radius 1 is 1.11 bits per heavy atom. The van der Waals surface area contributed by atoms with Crippen LogP contribution in [-0.2, 0) is 4.74 Å². The molecule has 2 fully saturated rings. The predicted octanol–water partition coefficient (Wildman–Crippen LogP) is 3.07. The zero-order valence-electron chi connectivity index (χ0n) is 15.4. The highest BCUT2D eigenvalue weighted by Crippen LogP contribution is 2.43. The van der Waals surface area contributed by atoms with Crippen molar-refractivity contribution in [2.75, 3.05) is 26.7 Å². The zero-order valence-corrected chi connectivity index (χ0v) is 16.2. The van der Waals surface area contributed by atoms with E-state index < -0.39 is 5.97 Å². The van der Waals surface area contributed by atoms with Gasteiger partial charge in [-0.3, -0.25) is 4.79 Å². The lowest BCUT2D eigenvalue weighted by Gasteiger charge is -2.29. The Bertz CT molecular complexity index is 891. The molecule has 1 amide bonds.